The monoisotopic (exact) mass is 171 g/mol. The van der Waals surface area contributed by atoms with E-state index in [1.165, 1.54) is 7.11 Å². The van der Waals surface area contributed by atoms with Crippen LogP contribution in [0.15, 0.2) is 0 Å². The molecular formula is C8H13NO3. The fourth-order valence-corrected chi connectivity index (χ4v) is 2.30. The van der Waals surface area contributed by atoms with Gasteiger partial charge in [0.05, 0.1) is 24.7 Å². The van der Waals surface area contributed by atoms with E-state index in [0.29, 0.717) is 13.2 Å². The van der Waals surface area contributed by atoms with Crippen LogP contribution in [0.3, 0.4) is 0 Å². The number of esters is 1. The second-order valence-corrected chi connectivity index (χ2v) is 3.80. The number of hydrogen-bond acceptors (Lipinski definition) is 4. The number of ether oxygens (including phenoxy) is 2. The van der Waals surface area contributed by atoms with Crippen molar-refractivity contribution in [2.24, 2.45) is 11.1 Å². The van der Waals surface area contributed by atoms with Crippen molar-refractivity contribution in [3.8, 4) is 0 Å². The van der Waals surface area contributed by atoms with Crippen LogP contribution in [-0.2, 0) is 14.3 Å². The van der Waals surface area contributed by atoms with Gasteiger partial charge in [0.2, 0.25) is 0 Å². The number of methoxy groups -OCH3 is 1. The summed E-state index contributed by atoms with van der Waals surface area (Å²) in [5.74, 6) is -0.149. The Hall–Kier alpha value is -0.610. The highest BCUT2D eigenvalue weighted by atomic mass is 16.5. The standard InChI is InChI=1S/C8H13NO3/c1-11-6(10)7-2-8(3-7,4-9)12-5-7/h2-5,9H2,1H3. The Bertz CT molecular complexity index is 220. The molecule has 3 fully saturated rings. The number of hydrogen-bond donors (Lipinski definition) is 1. The highest BCUT2D eigenvalue weighted by Crippen LogP contribution is 2.57. The molecule has 0 spiro atoms. The molecule has 2 aliphatic heterocycles. The van der Waals surface area contributed by atoms with Crippen molar-refractivity contribution >= 4 is 5.97 Å². The minimum Gasteiger partial charge on any atom is -0.469 e. The topological polar surface area (TPSA) is 61.5 Å². The van der Waals surface area contributed by atoms with Crippen LogP contribution in [-0.4, -0.2) is 31.8 Å². The molecule has 4 nitrogen and oxygen atoms in total. The predicted octanol–water partition coefficient (Wildman–Crippen LogP) is -0.333. The summed E-state index contributed by atoms with van der Waals surface area (Å²) in [5, 5.41) is 0. The minimum atomic E-state index is -0.353. The molecule has 0 aromatic heterocycles. The summed E-state index contributed by atoms with van der Waals surface area (Å²) in [5.41, 5.74) is 4.98. The molecule has 0 aromatic carbocycles. The van der Waals surface area contributed by atoms with Gasteiger partial charge in [-0.05, 0) is 12.8 Å². The van der Waals surface area contributed by atoms with E-state index in [9.17, 15) is 4.79 Å². The van der Waals surface area contributed by atoms with Crippen molar-refractivity contribution in [3.63, 3.8) is 0 Å². The smallest absolute Gasteiger partial charge is 0.314 e. The van der Waals surface area contributed by atoms with E-state index in [1.807, 2.05) is 0 Å². The van der Waals surface area contributed by atoms with Gasteiger partial charge in [-0.2, -0.15) is 0 Å². The lowest BCUT2D eigenvalue weighted by Crippen LogP contribution is -2.52. The van der Waals surface area contributed by atoms with Gasteiger partial charge in [-0.25, -0.2) is 0 Å². The average molecular weight is 171 g/mol. The Morgan fingerprint density at radius 3 is 2.75 bits per heavy atom. The number of carbonyl (C=O) groups excluding carboxylic acids is 1. The van der Waals surface area contributed by atoms with Crippen LogP contribution in [0, 0.1) is 5.41 Å². The van der Waals surface area contributed by atoms with Crippen molar-refractivity contribution in [1.29, 1.82) is 0 Å². The zero-order valence-electron chi connectivity index (χ0n) is 7.13. The molecular weight excluding hydrogens is 158 g/mol. The molecule has 12 heavy (non-hydrogen) atoms. The molecule has 68 valence electrons. The first-order valence-electron chi connectivity index (χ1n) is 4.09. The highest BCUT2D eigenvalue weighted by molar-refractivity contribution is 5.79. The molecule has 1 aliphatic carbocycles. The summed E-state index contributed by atoms with van der Waals surface area (Å²) in [4.78, 5) is 11.3. The third-order valence-electron chi connectivity index (χ3n) is 2.97. The maximum atomic E-state index is 11.3. The first-order valence-corrected chi connectivity index (χ1v) is 4.09. The Labute approximate surface area is 71.0 Å². The Morgan fingerprint density at radius 1 is 1.67 bits per heavy atom. The summed E-state index contributed by atoms with van der Waals surface area (Å²) in [6.45, 7) is 0.989. The minimum absolute atomic E-state index is 0.149. The lowest BCUT2D eigenvalue weighted by Gasteiger charge is -2.41. The maximum Gasteiger partial charge on any atom is 0.314 e. The van der Waals surface area contributed by atoms with E-state index < -0.39 is 0 Å². The number of rotatable bonds is 2. The van der Waals surface area contributed by atoms with Crippen molar-refractivity contribution in [3.05, 3.63) is 0 Å². The summed E-state index contributed by atoms with van der Waals surface area (Å²) >= 11 is 0. The summed E-state index contributed by atoms with van der Waals surface area (Å²) in [6, 6.07) is 0. The molecule has 0 amide bonds. The second-order valence-electron chi connectivity index (χ2n) is 3.80. The van der Waals surface area contributed by atoms with E-state index in [2.05, 4.69) is 0 Å². The highest BCUT2D eigenvalue weighted by Gasteiger charge is 2.66. The number of carbonyl (C=O) groups is 1. The summed E-state index contributed by atoms with van der Waals surface area (Å²) in [7, 11) is 1.41. The molecule has 0 aromatic rings. The van der Waals surface area contributed by atoms with E-state index in [4.69, 9.17) is 15.2 Å². The third-order valence-corrected chi connectivity index (χ3v) is 2.97. The normalized spacial score (nSPS) is 43.8. The van der Waals surface area contributed by atoms with Gasteiger partial charge in [0.15, 0.2) is 0 Å². The molecule has 3 rings (SSSR count). The van der Waals surface area contributed by atoms with Crippen LogP contribution >= 0.6 is 0 Å². The van der Waals surface area contributed by atoms with Crippen molar-refractivity contribution in [2.75, 3.05) is 20.3 Å². The predicted molar refractivity (Wildman–Crippen MR) is 41.4 cm³/mol. The number of fused-ring (bicyclic) bond motifs is 1. The van der Waals surface area contributed by atoms with Crippen LogP contribution in [0.5, 0.6) is 0 Å². The van der Waals surface area contributed by atoms with Gasteiger partial charge >= 0.3 is 5.97 Å². The first kappa shape index (κ1) is 8.01. The molecule has 0 atom stereocenters. The quantitative estimate of drug-likeness (QED) is 0.578. The van der Waals surface area contributed by atoms with Crippen LogP contribution in [0.1, 0.15) is 12.8 Å². The molecule has 3 aliphatic rings. The van der Waals surface area contributed by atoms with E-state index >= 15 is 0 Å². The van der Waals surface area contributed by atoms with Crippen LogP contribution in [0.25, 0.3) is 0 Å². The van der Waals surface area contributed by atoms with Gasteiger partial charge in [0, 0.05) is 6.54 Å². The van der Waals surface area contributed by atoms with Gasteiger partial charge in [-0.1, -0.05) is 0 Å². The Balaban J connectivity index is 2.09. The maximum absolute atomic E-state index is 11.3. The Kier molecular flexibility index (Phi) is 1.47. The van der Waals surface area contributed by atoms with Gasteiger partial charge in [-0.3, -0.25) is 4.79 Å². The molecule has 2 bridgehead atoms. The molecule has 4 heteroatoms. The lowest BCUT2D eigenvalue weighted by atomic mass is 9.62. The summed E-state index contributed by atoms with van der Waals surface area (Å²) in [6.07, 6.45) is 1.48. The molecule has 0 unspecified atom stereocenters. The average Bonchev–Trinajstić information content (AvgIpc) is 2.57. The van der Waals surface area contributed by atoms with Gasteiger partial charge in [0.25, 0.3) is 0 Å². The SMILES string of the molecule is COC(=O)C12COC(CN)(C1)C2. The van der Waals surface area contributed by atoms with E-state index in [1.54, 1.807) is 0 Å². The van der Waals surface area contributed by atoms with Gasteiger partial charge in [-0.15, -0.1) is 0 Å². The molecule has 1 saturated carbocycles. The lowest BCUT2D eigenvalue weighted by molar-refractivity contribution is -0.157. The Morgan fingerprint density at radius 2 is 2.33 bits per heavy atom. The molecule has 2 heterocycles. The van der Waals surface area contributed by atoms with Crippen molar-refractivity contribution in [2.45, 2.75) is 18.4 Å². The third kappa shape index (κ3) is 0.765. The van der Waals surface area contributed by atoms with E-state index in [-0.39, 0.29) is 17.0 Å². The van der Waals surface area contributed by atoms with Gasteiger partial charge < -0.3 is 15.2 Å². The second kappa shape index (κ2) is 2.20. The van der Waals surface area contributed by atoms with Crippen molar-refractivity contribution < 1.29 is 14.3 Å². The molecule has 2 N–H and O–H groups in total. The summed E-state index contributed by atoms with van der Waals surface area (Å²) < 4.78 is 10.2. The van der Waals surface area contributed by atoms with Crippen LogP contribution < -0.4 is 5.73 Å². The zero-order chi connectivity index (χ0) is 8.82. The molecule has 0 radical (unpaired) electrons. The van der Waals surface area contributed by atoms with Crippen LogP contribution in [0.2, 0.25) is 0 Å². The fraction of sp³-hybridized carbons (Fsp3) is 0.875. The molecule has 2 saturated heterocycles. The van der Waals surface area contributed by atoms with Crippen molar-refractivity contribution in [1.82, 2.24) is 0 Å². The fourth-order valence-electron chi connectivity index (χ4n) is 2.30. The first-order chi connectivity index (χ1) is 5.66. The van der Waals surface area contributed by atoms with Crippen LogP contribution in [0.4, 0.5) is 0 Å². The number of nitrogens with two attached hydrogens (primary N) is 1. The van der Waals surface area contributed by atoms with Gasteiger partial charge in [0.1, 0.15) is 0 Å². The van der Waals surface area contributed by atoms with E-state index in [0.717, 1.165) is 12.8 Å². The zero-order valence-corrected chi connectivity index (χ0v) is 7.13. The largest absolute Gasteiger partial charge is 0.469 e.